The zero-order chi connectivity index (χ0) is 13.5. The Labute approximate surface area is 107 Å². The second-order valence-electron chi connectivity index (χ2n) is 4.28. The van der Waals surface area contributed by atoms with E-state index in [0.717, 1.165) is 16.9 Å². The zero-order valence-corrected chi connectivity index (χ0v) is 10.8. The van der Waals surface area contributed by atoms with Crippen molar-refractivity contribution in [2.75, 3.05) is 19.7 Å². The summed E-state index contributed by atoms with van der Waals surface area (Å²) in [4.78, 5) is 10.5. The number of aliphatic hydroxyl groups excluding tert-OH is 1. The number of aryl methyl sites for hydroxylation is 2. The molecule has 0 fully saturated rings. The molecule has 0 saturated carbocycles. The predicted octanol–water partition coefficient (Wildman–Crippen LogP) is 0.118. The van der Waals surface area contributed by atoms with E-state index in [4.69, 9.17) is 10.5 Å². The number of hydrogen-bond acceptors (Lipinski definition) is 4. The number of hydrogen-bond donors (Lipinski definition) is 3. The van der Waals surface area contributed by atoms with E-state index in [0.29, 0.717) is 0 Å². The first-order valence-electron chi connectivity index (χ1n) is 5.86. The minimum atomic E-state index is -0.677. The van der Waals surface area contributed by atoms with Gasteiger partial charge in [-0.2, -0.15) is 0 Å². The van der Waals surface area contributed by atoms with Gasteiger partial charge in [0.2, 0.25) is 5.91 Å². The highest BCUT2D eigenvalue weighted by Gasteiger charge is 2.08. The number of ether oxygens (including phenoxy) is 1. The van der Waals surface area contributed by atoms with Gasteiger partial charge in [-0.15, -0.1) is 0 Å². The Kier molecular flexibility index (Phi) is 5.61. The van der Waals surface area contributed by atoms with Gasteiger partial charge in [-0.05, 0) is 25.0 Å². The lowest BCUT2D eigenvalue weighted by Crippen LogP contribution is -2.36. The van der Waals surface area contributed by atoms with Crippen LogP contribution in [0.4, 0.5) is 0 Å². The number of carbonyl (C=O) groups excluding carboxylic acids is 1. The Morgan fingerprint density at radius 1 is 1.44 bits per heavy atom. The lowest BCUT2D eigenvalue weighted by Gasteiger charge is -2.15. The number of carbonyl (C=O) groups is 1. The Morgan fingerprint density at radius 3 is 2.61 bits per heavy atom. The molecule has 100 valence electrons. The summed E-state index contributed by atoms with van der Waals surface area (Å²) in [5.41, 5.74) is 7.04. The molecule has 0 spiro atoms. The molecule has 0 aromatic heterocycles. The number of nitrogens with two attached hydrogens (primary N) is 1. The van der Waals surface area contributed by atoms with Crippen LogP contribution in [0.25, 0.3) is 0 Å². The van der Waals surface area contributed by atoms with E-state index < -0.39 is 12.0 Å². The van der Waals surface area contributed by atoms with Crippen LogP contribution in [0.2, 0.25) is 0 Å². The van der Waals surface area contributed by atoms with Gasteiger partial charge in [0.25, 0.3) is 0 Å². The number of amides is 1. The van der Waals surface area contributed by atoms with Crippen molar-refractivity contribution < 1.29 is 14.6 Å². The van der Waals surface area contributed by atoms with Crippen molar-refractivity contribution in [3.63, 3.8) is 0 Å². The fourth-order valence-electron chi connectivity index (χ4n) is 1.63. The summed E-state index contributed by atoms with van der Waals surface area (Å²) in [5.74, 6) is 0.351. The average Bonchev–Trinajstić information content (AvgIpc) is 2.27. The normalized spacial score (nSPS) is 12.2. The maximum atomic E-state index is 10.5. The molecule has 4 N–H and O–H groups in total. The van der Waals surface area contributed by atoms with Crippen molar-refractivity contribution in [3.8, 4) is 5.75 Å². The average molecular weight is 252 g/mol. The molecule has 0 saturated heterocycles. The van der Waals surface area contributed by atoms with Crippen LogP contribution in [0.15, 0.2) is 18.2 Å². The lowest BCUT2D eigenvalue weighted by molar-refractivity contribution is -0.117. The van der Waals surface area contributed by atoms with E-state index in [1.54, 1.807) is 0 Å². The number of rotatable bonds is 7. The third-order valence-corrected chi connectivity index (χ3v) is 2.51. The highest BCUT2D eigenvalue weighted by Crippen LogP contribution is 2.22. The maximum absolute atomic E-state index is 10.5. The first-order chi connectivity index (χ1) is 8.50. The van der Waals surface area contributed by atoms with Crippen molar-refractivity contribution in [1.29, 1.82) is 0 Å². The van der Waals surface area contributed by atoms with Gasteiger partial charge >= 0.3 is 0 Å². The van der Waals surface area contributed by atoms with Crippen molar-refractivity contribution in [1.82, 2.24) is 5.32 Å². The molecule has 0 aliphatic rings. The topological polar surface area (TPSA) is 84.6 Å². The van der Waals surface area contributed by atoms with Crippen LogP contribution in [-0.4, -0.2) is 36.8 Å². The standard InChI is InChI=1S/C13H20N2O3/c1-9-4-3-5-10(2)13(9)18-8-11(16)6-15-7-12(14)17/h3-5,11,15-16H,6-8H2,1-2H3,(H2,14,17). The van der Waals surface area contributed by atoms with Crippen LogP contribution in [0.1, 0.15) is 11.1 Å². The van der Waals surface area contributed by atoms with Gasteiger partial charge in [0.1, 0.15) is 18.5 Å². The van der Waals surface area contributed by atoms with E-state index in [2.05, 4.69) is 5.32 Å². The van der Waals surface area contributed by atoms with Crippen LogP contribution >= 0.6 is 0 Å². The summed E-state index contributed by atoms with van der Waals surface area (Å²) >= 11 is 0. The number of benzene rings is 1. The lowest BCUT2D eigenvalue weighted by atomic mass is 10.1. The van der Waals surface area contributed by atoms with Crippen molar-refractivity contribution in [2.24, 2.45) is 5.73 Å². The van der Waals surface area contributed by atoms with E-state index in [9.17, 15) is 9.90 Å². The highest BCUT2D eigenvalue weighted by atomic mass is 16.5. The first-order valence-corrected chi connectivity index (χ1v) is 5.86. The molecular formula is C13H20N2O3. The molecule has 1 rings (SSSR count). The third kappa shape index (κ3) is 4.73. The maximum Gasteiger partial charge on any atom is 0.231 e. The van der Waals surface area contributed by atoms with Crippen molar-refractivity contribution >= 4 is 5.91 Å². The largest absolute Gasteiger partial charge is 0.490 e. The van der Waals surface area contributed by atoms with Crippen LogP contribution < -0.4 is 15.8 Å². The minimum absolute atomic E-state index is 0.0560. The molecule has 0 aliphatic carbocycles. The SMILES string of the molecule is Cc1cccc(C)c1OCC(O)CNCC(N)=O. The van der Waals surface area contributed by atoms with Crippen LogP contribution in [0, 0.1) is 13.8 Å². The molecule has 1 aromatic carbocycles. The quantitative estimate of drug-likeness (QED) is 0.643. The molecule has 5 nitrogen and oxygen atoms in total. The van der Waals surface area contributed by atoms with E-state index >= 15 is 0 Å². The van der Waals surface area contributed by atoms with Crippen LogP contribution in [0.5, 0.6) is 5.75 Å². The fourth-order valence-corrected chi connectivity index (χ4v) is 1.63. The second kappa shape index (κ2) is 6.98. The number of primary amides is 1. The summed E-state index contributed by atoms with van der Waals surface area (Å²) in [7, 11) is 0. The van der Waals surface area contributed by atoms with E-state index in [-0.39, 0.29) is 19.7 Å². The fraction of sp³-hybridized carbons (Fsp3) is 0.462. The smallest absolute Gasteiger partial charge is 0.231 e. The summed E-state index contributed by atoms with van der Waals surface area (Å²) in [6.45, 7) is 4.42. The van der Waals surface area contributed by atoms with Crippen molar-refractivity contribution in [2.45, 2.75) is 20.0 Å². The summed E-state index contributed by atoms with van der Waals surface area (Å²) in [6, 6.07) is 5.88. The van der Waals surface area contributed by atoms with Crippen LogP contribution in [0.3, 0.4) is 0 Å². The summed E-state index contributed by atoms with van der Waals surface area (Å²) < 4.78 is 5.58. The van der Waals surface area contributed by atoms with Gasteiger partial charge in [0.05, 0.1) is 6.54 Å². The molecular weight excluding hydrogens is 232 g/mol. The van der Waals surface area contributed by atoms with E-state index in [1.165, 1.54) is 0 Å². The van der Waals surface area contributed by atoms with Gasteiger partial charge in [-0.3, -0.25) is 4.79 Å². The molecule has 1 amide bonds. The molecule has 1 unspecified atom stereocenters. The first kappa shape index (κ1) is 14.5. The van der Waals surface area contributed by atoms with Gasteiger partial charge in [0.15, 0.2) is 0 Å². The van der Waals surface area contributed by atoms with Crippen molar-refractivity contribution in [3.05, 3.63) is 29.3 Å². The Morgan fingerprint density at radius 2 is 2.06 bits per heavy atom. The Hall–Kier alpha value is -1.59. The van der Waals surface area contributed by atoms with Gasteiger partial charge in [-0.25, -0.2) is 0 Å². The number of aliphatic hydroxyl groups is 1. The minimum Gasteiger partial charge on any atom is -0.490 e. The molecule has 0 bridgehead atoms. The van der Waals surface area contributed by atoms with Crippen LogP contribution in [-0.2, 0) is 4.79 Å². The van der Waals surface area contributed by atoms with E-state index in [1.807, 2.05) is 32.0 Å². The molecule has 1 atom stereocenters. The number of para-hydroxylation sites is 1. The summed E-state index contributed by atoms with van der Waals surface area (Å²) in [5, 5.41) is 12.4. The predicted molar refractivity (Wildman–Crippen MR) is 69.5 cm³/mol. The Bertz CT molecular complexity index is 387. The van der Waals surface area contributed by atoms with Gasteiger partial charge in [0, 0.05) is 6.54 Å². The molecule has 18 heavy (non-hydrogen) atoms. The summed E-state index contributed by atoms with van der Waals surface area (Å²) in [6.07, 6.45) is -0.677. The van der Waals surface area contributed by atoms with Gasteiger partial charge < -0.3 is 20.9 Å². The monoisotopic (exact) mass is 252 g/mol. The highest BCUT2D eigenvalue weighted by molar-refractivity contribution is 5.75. The Balaban J connectivity index is 2.38. The zero-order valence-electron chi connectivity index (χ0n) is 10.8. The second-order valence-corrected chi connectivity index (χ2v) is 4.28. The van der Waals surface area contributed by atoms with Gasteiger partial charge in [-0.1, -0.05) is 18.2 Å². The molecule has 1 aromatic rings. The molecule has 0 heterocycles. The third-order valence-electron chi connectivity index (χ3n) is 2.51. The number of nitrogens with one attached hydrogen (secondary N) is 1. The molecule has 0 aliphatic heterocycles. The molecule has 5 heteroatoms. The molecule has 0 radical (unpaired) electrons.